The van der Waals surface area contributed by atoms with E-state index in [1.54, 1.807) is 18.2 Å². The minimum Gasteiger partial charge on any atom is -0.459 e. The number of ether oxygens (including phenoxy) is 1. The average molecular weight is 346 g/mol. The molecule has 3 rings (SSSR count). The summed E-state index contributed by atoms with van der Waals surface area (Å²) in [4.78, 5) is 20.8. The number of halogens is 1. The number of hydrogen-bond donors (Lipinski definition) is 0. The number of esters is 1. The summed E-state index contributed by atoms with van der Waals surface area (Å²) in [6, 6.07) is 8.32. The van der Waals surface area contributed by atoms with Crippen molar-refractivity contribution >= 4 is 23.5 Å². The predicted octanol–water partition coefficient (Wildman–Crippen LogP) is 2.83. The minimum atomic E-state index is -0.619. The summed E-state index contributed by atoms with van der Waals surface area (Å²) in [6.07, 6.45) is 0. The first kappa shape index (κ1) is 16.4. The van der Waals surface area contributed by atoms with Crippen LogP contribution in [0, 0.1) is 19.7 Å². The van der Waals surface area contributed by atoms with Gasteiger partial charge >= 0.3 is 5.97 Å². The molecule has 0 radical (unpaired) electrons. The fourth-order valence-corrected chi connectivity index (χ4v) is 2.93. The van der Waals surface area contributed by atoms with Crippen LogP contribution in [-0.4, -0.2) is 37.9 Å². The van der Waals surface area contributed by atoms with Gasteiger partial charge in [0.2, 0.25) is 0 Å². The molecule has 0 saturated heterocycles. The Labute approximate surface area is 142 Å². The highest BCUT2D eigenvalue weighted by molar-refractivity contribution is 7.99. The van der Waals surface area contributed by atoms with E-state index in [4.69, 9.17) is 4.74 Å². The molecule has 124 valence electrons. The molecule has 8 heteroatoms. The van der Waals surface area contributed by atoms with Gasteiger partial charge in [-0.05, 0) is 32.0 Å². The van der Waals surface area contributed by atoms with Crippen LogP contribution in [0.15, 0.2) is 35.2 Å². The standard InChI is InChI=1S/C16H15FN4O2S/c1-10-9-11(2)21-16(18-10)19-14(20-21)15(22)23-7-8-24-13-6-4-3-5-12(13)17/h3-6,9H,7-8H2,1-2H3. The van der Waals surface area contributed by atoms with Crippen LogP contribution in [0.1, 0.15) is 22.0 Å². The lowest BCUT2D eigenvalue weighted by Gasteiger charge is -2.03. The van der Waals surface area contributed by atoms with Crippen molar-refractivity contribution in [3.63, 3.8) is 0 Å². The number of carbonyl (C=O) groups excluding carboxylic acids is 1. The zero-order chi connectivity index (χ0) is 17.1. The van der Waals surface area contributed by atoms with Crippen molar-refractivity contribution in [2.45, 2.75) is 18.7 Å². The van der Waals surface area contributed by atoms with E-state index in [2.05, 4.69) is 15.1 Å². The van der Waals surface area contributed by atoms with Crippen molar-refractivity contribution < 1.29 is 13.9 Å². The highest BCUT2D eigenvalue weighted by atomic mass is 32.2. The smallest absolute Gasteiger partial charge is 0.378 e. The van der Waals surface area contributed by atoms with Gasteiger partial charge in [-0.1, -0.05) is 12.1 Å². The Morgan fingerprint density at radius 2 is 2.08 bits per heavy atom. The van der Waals surface area contributed by atoms with Crippen LogP contribution >= 0.6 is 11.8 Å². The fourth-order valence-electron chi connectivity index (χ4n) is 2.17. The molecule has 0 saturated carbocycles. The number of carbonyl (C=O) groups is 1. The lowest BCUT2D eigenvalue weighted by atomic mass is 10.3. The third kappa shape index (κ3) is 3.53. The number of aryl methyl sites for hydroxylation is 2. The van der Waals surface area contributed by atoms with Crippen LogP contribution in [0.4, 0.5) is 4.39 Å². The normalized spacial score (nSPS) is 11.0. The highest BCUT2D eigenvalue weighted by Crippen LogP contribution is 2.20. The summed E-state index contributed by atoms with van der Waals surface area (Å²) in [6.45, 7) is 3.84. The quantitative estimate of drug-likeness (QED) is 0.402. The monoisotopic (exact) mass is 346 g/mol. The Hall–Kier alpha value is -2.48. The Morgan fingerprint density at radius 3 is 2.88 bits per heavy atom. The third-order valence-electron chi connectivity index (χ3n) is 3.21. The van der Waals surface area contributed by atoms with Crippen molar-refractivity contribution in [2.75, 3.05) is 12.4 Å². The summed E-state index contributed by atoms with van der Waals surface area (Å²) >= 11 is 1.28. The Morgan fingerprint density at radius 1 is 1.29 bits per heavy atom. The van der Waals surface area contributed by atoms with Gasteiger partial charge in [0.05, 0.1) is 0 Å². The molecule has 0 atom stereocenters. The van der Waals surface area contributed by atoms with Crippen molar-refractivity contribution in [1.82, 2.24) is 19.6 Å². The van der Waals surface area contributed by atoms with Gasteiger partial charge in [0.25, 0.3) is 11.6 Å². The van der Waals surface area contributed by atoms with Crippen LogP contribution in [0.3, 0.4) is 0 Å². The first-order valence-electron chi connectivity index (χ1n) is 7.30. The summed E-state index contributed by atoms with van der Waals surface area (Å²) in [5.74, 6) is -0.136. The number of thioether (sulfide) groups is 1. The maximum atomic E-state index is 13.5. The van der Waals surface area contributed by atoms with Crippen LogP contribution in [0.25, 0.3) is 5.78 Å². The molecule has 1 aromatic carbocycles. The molecule has 3 aromatic rings. The van der Waals surface area contributed by atoms with E-state index in [1.165, 1.54) is 22.3 Å². The number of hydrogen-bond acceptors (Lipinski definition) is 6. The van der Waals surface area contributed by atoms with Crippen molar-refractivity contribution in [2.24, 2.45) is 0 Å². The minimum absolute atomic E-state index is 0.0351. The van der Waals surface area contributed by atoms with Crippen LogP contribution in [-0.2, 0) is 4.74 Å². The molecule has 2 aromatic heterocycles. The SMILES string of the molecule is Cc1cc(C)n2nc(C(=O)OCCSc3ccccc3F)nc2n1. The summed E-state index contributed by atoms with van der Waals surface area (Å²) < 4.78 is 20.1. The van der Waals surface area contributed by atoms with Gasteiger partial charge in [-0.25, -0.2) is 18.7 Å². The van der Waals surface area contributed by atoms with E-state index in [-0.39, 0.29) is 18.2 Å². The summed E-state index contributed by atoms with van der Waals surface area (Å²) in [7, 11) is 0. The molecule has 24 heavy (non-hydrogen) atoms. The molecule has 0 N–H and O–H groups in total. The zero-order valence-electron chi connectivity index (χ0n) is 13.2. The molecule has 0 unspecified atom stereocenters. The van der Waals surface area contributed by atoms with E-state index in [0.29, 0.717) is 16.4 Å². The van der Waals surface area contributed by atoms with Crippen LogP contribution < -0.4 is 0 Å². The van der Waals surface area contributed by atoms with Crippen LogP contribution in [0.2, 0.25) is 0 Å². The Bertz CT molecular complexity index is 897. The molecule has 0 fully saturated rings. The second-order valence-electron chi connectivity index (χ2n) is 5.10. The molecule has 6 nitrogen and oxygen atoms in total. The first-order valence-corrected chi connectivity index (χ1v) is 8.28. The molecular weight excluding hydrogens is 331 g/mol. The Balaban J connectivity index is 1.59. The van der Waals surface area contributed by atoms with E-state index in [0.717, 1.165) is 11.4 Å². The molecule has 0 amide bonds. The number of benzene rings is 1. The lowest BCUT2D eigenvalue weighted by Crippen LogP contribution is -2.10. The molecule has 0 aliphatic heterocycles. The molecule has 0 aliphatic carbocycles. The van der Waals surface area contributed by atoms with Gasteiger partial charge in [0.1, 0.15) is 12.4 Å². The van der Waals surface area contributed by atoms with E-state index < -0.39 is 5.97 Å². The van der Waals surface area contributed by atoms with Crippen LogP contribution in [0.5, 0.6) is 0 Å². The first-order chi connectivity index (χ1) is 11.5. The maximum Gasteiger partial charge on any atom is 0.378 e. The average Bonchev–Trinajstić information content (AvgIpc) is 2.97. The second-order valence-corrected chi connectivity index (χ2v) is 6.24. The summed E-state index contributed by atoms with van der Waals surface area (Å²) in [5.41, 5.74) is 1.63. The Kier molecular flexibility index (Phi) is 4.75. The maximum absolute atomic E-state index is 13.5. The molecular formula is C16H15FN4O2S. The fraction of sp³-hybridized carbons (Fsp3) is 0.250. The third-order valence-corrected chi connectivity index (χ3v) is 4.22. The van der Waals surface area contributed by atoms with Gasteiger partial charge in [-0.2, -0.15) is 4.98 Å². The number of rotatable bonds is 5. The molecule has 0 aliphatic rings. The zero-order valence-corrected chi connectivity index (χ0v) is 14.0. The highest BCUT2D eigenvalue weighted by Gasteiger charge is 2.16. The van der Waals surface area contributed by atoms with Gasteiger partial charge < -0.3 is 4.74 Å². The van der Waals surface area contributed by atoms with Gasteiger partial charge in [-0.3, -0.25) is 0 Å². The van der Waals surface area contributed by atoms with Gasteiger partial charge in [-0.15, -0.1) is 16.9 Å². The van der Waals surface area contributed by atoms with E-state index in [1.807, 2.05) is 19.9 Å². The van der Waals surface area contributed by atoms with Crippen molar-refractivity contribution in [1.29, 1.82) is 0 Å². The number of fused-ring (bicyclic) bond motifs is 1. The van der Waals surface area contributed by atoms with Gasteiger partial charge in [0.15, 0.2) is 0 Å². The molecule has 2 heterocycles. The molecule has 0 bridgehead atoms. The topological polar surface area (TPSA) is 69.4 Å². The number of aromatic nitrogens is 4. The van der Waals surface area contributed by atoms with E-state index in [9.17, 15) is 9.18 Å². The van der Waals surface area contributed by atoms with Crippen molar-refractivity contribution in [3.8, 4) is 0 Å². The predicted molar refractivity (Wildman–Crippen MR) is 87.7 cm³/mol. The lowest BCUT2D eigenvalue weighted by molar-refractivity contribution is 0.0516. The largest absolute Gasteiger partial charge is 0.459 e. The van der Waals surface area contributed by atoms with E-state index >= 15 is 0 Å². The van der Waals surface area contributed by atoms with Gasteiger partial charge in [0, 0.05) is 22.0 Å². The summed E-state index contributed by atoms with van der Waals surface area (Å²) in [5, 5.41) is 4.11. The second kappa shape index (κ2) is 6.96. The van der Waals surface area contributed by atoms with Crippen molar-refractivity contribution in [3.05, 3.63) is 53.4 Å². The number of nitrogens with zero attached hydrogens (tertiary/aromatic N) is 4. The molecule has 0 spiro atoms.